The van der Waals surface area contributed by atoms with E-state index in [0.29, 0.717) is 13.2 Å². The zero-order chi connectivity index (χ0) is 31.1. The van der Waals surface area contributed by atoms with Crippen molar-refractivity contribution < 1.29 is 19.3 Å². The van der Waals surface area contributed by atoms with Crippen LogP contribution in [0.25, 0.3) is 0 Å². The highest BCUT2D eigenvalue weighted by atomic mass is 32.2. The SMILES string of the molecule is CC[C@H]1O[C@@](O)(C2(c3ccccc3Cc3ccccc3)SCCCS2)[C@H](OCc2ccccc2)[C@@H](OCc2ccccc2)[C@@H]1C. The highest BCUT2D eigenvalue weighted by Crippen LogP contribution is 2.62. The topological polar surface area (TPSA) is 47.9 Å². The first-order valence-corrected chi connectivity index (χ1v) is 18.1. The molecule has 2 saturated heterocycles. The van der Waals surface area contributed by atoms with Crippen LogP contribution < -0.4 is 0 Å². The molecule has 2 aliphatic rings. The van der Waals surface area contributed by atoms with E-state index in [1.807, 2.05) is 36.4 Å². The summed E-state index contributed by atoms with van der Waals surface area (Å²) >= 11 is 3.60. The number of thioether (sulfide) groups is 2. The van der Waals surface area contributed by atoms with Gasteiger partial charge in [-0.2, -0.15) is 0 Å². The smallest absolute Gasteiger partial charge is 0.224 e. The second kappa shape index (κ2) is 14.9. The maximum Gasteiger partial charge on any atom is 0.224 e. The molecule has 2 heterocycles. The van der Waals surface area contributed by atoms with E-state index in [2.05, 4.69) is 92.7 Å². The van der Waals surface area contributed by atoms with Crippen molar-refractivity contribution in [1.82, 2.24) is 0 Å². The van der Waals surface area contributed by atoms with E-state index in [9.17, 15) is 5.11 Å². The molecule has 4 aromatic rings. The number of rotatable bonds is 11. The van der Waals surface area contributed by atoms with Gasteiger partial charge in [-0.25, -0.2) is 0 Å². The lowest BCUT2D eigenvalue weighted by atomic mass is 9.81. The van der Waals surface area contributed by atoms with E-state index in [1.165, 1.54) is 11.1 Å². The van der Waals surface area contributed by atoms with Crippen molar-refractivity contribution in [3.63, 3.8) is 0 Å². The second-order valence-electron chi connectivity index (χ2n) is 12.1. The maximum absolute atomic E-state index is 13.4. The molecule has 0 radical (unpaired) electrons. The summed E-state index contributed by atoms with van der Waals surface area (Å²) in [5.74, 6) is 0.186. The summed E-state index contributed by atoms with van der Waals surface area (Å²) in [7, 11) is 0. The van der Waals surface area contributed by atoms with Crippen LogP contribution in [-0.2, 0) is 37.9 Å². The first-order valence-electron chi connectivity index (χ1n) is 16.2. The van der Waals surface area contributed by atoms with E-state index in [-0.39, 0.29) is 18.1 Å². The van der Waals surface area contributed by atoms with Crippen LogP contribution in [0, 0.1) is 5.92 Å². The Morgan fingerprint density at radius 3 is 1.87 bits per heavy atom. The van der Waals surface area contributed by atoms with Crippen LogP contribution in [0.5, 0.6) is 0 Å². The quantitative estimate of drug-likeness (QED) is 0.177. The second-order valence-corrected chi connectivity index (χ2v) is 15.0. The van der Waals surface area contributed by atoms with Gasteiger partial charge in [0.05, 0.1) is 25.4 Å². The van der Waals surface area contributed by atoms with Crippen LogP contribution in [0.1, 0.15) is 54.5 Å². The normalized spacial score (nSPS) is 26.4. The molecule has 5 atom stereocenters. The van der Waals surface area contributed by atoms with Crippen LogP contribution in [-0.4, -0.2) is 40.7 Å². The van der Waals surface area contributed by atoms with Gasteiger partial charge in [-0.1, -0.05) is 129 Å². The van der Waals surface area contributed by atoms with Gasteiger partial charge in [0.15, 0.2) is 0 Å². The molecule has 0 bridgehead atoms. The van der Waals surface area contributed by atoms with Gasteiger partial charge in [0, 0.05) is 5.92 Å². The van der Waals surface area contributed by atoms with Crippen molar-refractivity contribution in [2.45, 2.75) is 74.5 Å². The highest BCUT2D eigenvalue weighted by Gasteiger charge is 2.66. The van der Waals surface area contributed by atoms with Crippen molar-refractivity contribution in [2.24, 2.45) is 5.92 Å². The van der Waals surface area contributed by atoms with Gasteiger partial charge in [-0.05, 0) is 58.6 Å². The van der Waals surface area contributed by atoms with Crippen LogP contribution in [0.4, 0.5) is 0 Å². The van der Waals surface area contributed by atoms with E-state index in [0.717, 1.165) is 47.5 Å². The number of benzene rings is 4. The fourth-order valence-electron chi connectivity index (χ4n) is 6.71. The molecule has 0 amide bonds. The average molecular weight is 641 g/mol. The molecule has 1 N–H and O–H groups in total. The summed E-state index contributed by atoms with van der Waals surface area (Å²) in [6.07, 6.45) is 1.28. The van der Waals surface area contributed by atoms with Gasteiger partial charge in [-0.3, -0.25) is 0 Å². The summed E-state index contributed by atoms with van der Waals surface area (Å²) in [6.45, 7) is 5.10. The Bertz CT molecular complexity index is 1480. The van der Waals surface area contributed by atoms with Crippen molar-refractivity contribution in [3.05, 3.63) is 143 Å². The van der Waals surface area contributed by atoms with Gasteiger partial charge < -0.3 is 19.3 Å². The Hall–Kier alpha value is -2.58. The maximum atomic E-state index is 13.4. The molecule has 2 aliphatic heterocycles. The third-order valence-electron chi connectivity index (χ3n) is 9.06. The molecule has 0 aliphatic carbocycles. The Kier molecular flexibility index (Phi) is 10.7. The molecule has 0 spiro atoms. The van der Waals surface area contributed by atoms with E-state index >= 15 is 0 Å². The zero-order valence-electron chi connectivity index (χ0n) is 26.2. The van der Waals surface area contributed by atoms with E-state index < -0.39 is 16.0 Å². The highest BCUT2D eigenvalue weighted by molar-refractivity contribution is 8.18. The van der Waals surface area contributed by atoms with Gasteiger partial charge in [0.2, 0.25) is 5.79 Å². The average Bonchev–Trinajstić information content (AvgIpc) is 3.10. The van der Waals surface area contributed by atoms with Crippen LogP contribution in [0.3, 0.4) is 0 Å². The lowest BCUT2D eigenvalue weighted by Gasteiger charge is -2.58. The van der Waals surface area contributed by atoms with Crippen molar-refractivity contribution in [2.75, 3.05) is 11.5 Å². The minimum atomic E-state index is -1.67. The minimum Gasteiger partial charge on any atom is -0.370 e. The molecule has 0 aromatic heterocycles. The van der Waals surface area contributed by atoms with Gasteiger partial charge >= 0.3 is 0 Å². The van der Waals surface area contributed by atoms with Crippen molar-refractivity contribution in [1.29, 1.82) is 0 Å². The Morgan fingerprint density at radius 2 is 1.27 bits per heavy atom. The van der Waals surface area contributed by atoms with E-state index in [1.54, 1.807) is 23.5 Å². The number of hydrogen-bond donors (Lipinski definition) is 1. The molecule has 4 aromatic carbocycles. The fourth-order valence-corrected chi connectivity index (χ4v) is 10.3. The van der Waals surface area contributed by atoms with Crippen LogP contribution >= 0.6 is 23.5 Å². The Labute approximate surface area is 276 Å². The third kappa shape index (κ3) is 6.92. The predicted molar refractivity (Wildman–Crippen MR) is 186 cm³/mol. The molecule has 236 valence electrons. The summed E-state index contributed by atoms with van der Waals surface area (Å²) in [5, 5.41) is 13.4. The molecule has 0 saturated carbocycles. The van der Waals surface area contributed by atoms with Crippen LogP contribution in [0.15, 0.2) is 115 Å². The fraction of sp³-hybridized carbons (Fsp3) is 0.385. The Balaban J connectivity index is 1.46. The monoisotopic (exact) mass is 640 g/mol. The first kappa shape index (κ1) is 32.4. The molecule has 6 heteroatoms. The first-order chi connectivity index (χ1) is 22.0. The summed E-state index contributed by atoms with van der Waals surface area (Å²) in [6, 6.07) is 39.6. The van der Waals surface area contributed by atoms with Gasteiger partial charge in [0.1, 0.15) is 10.2 Å². The molecular formula is C39H44O4S2. The lowest BCUT2D eigenvalue weighted by molar-refractivity contribution is -0.357. The Morgan fingerprint density at radius 1 is 0.733 bits per heavy atom. The molecule has 2 fully saturated rings. The summed E-state index contributed by atoms with van der Waals surface area (Å²) < 4.78 is 19.9. The number of ether oxygens (including phenoxy) is 3. The largest absolute Gasteiger partial charge is 0.370 e. The van der Waals surface area contributed by atoms with Crippen molar-refractivity contribution >= 4 is 23.5 Å². The van der Waals surface area contributed by atoms with Gasteiger partial charge in [0.25, 0.3) is 0 Å². The van der Waals surface area contributed by atoms with Crippen LogP contribution in [0.2, 0.25) is 0 Å². The summed E-state index contributed by atoms with van der Waals surface area (Å²) in [4.78, 5) is 0. The number of aliphatic hydroxyl groups is 1. The lowest BCUT2D eigenvalue weighted by Crippen LogP contribution is -2.69. The zero-order valence-corrected chi connectivity index (χ0v) is 27.9. The predicted octanol–water partition coefficient (Wildman–Crippen LogP) is 8.60. The molecular weight excluding hydrogens is 597 g/mol. The molecule has 6 rings (SSSR count). The number of hydrogen-bond acceptors (Lipinski definition) is 6. The molecule has 4 nitrogen and oxygen atoms in total. The standard InChI is InChI=1S/C39H44O4S2/c1-3-35-29(2)36(41-27-31-18-9-5-10-19-31)37(42-28-32-20-11-6-12-21-32)38(40,43-35)39(44-24-15-25-45-39)34-23-14-13-22-33(34)26-30-16-7-4-8-17-30/h4-14,16-23,29,35-37,40H,3,15,24-28H2,1-2H3/t29-,35-,36+,37-,38-/m1/s1. The minimum absolute atomic E-state index is 0.00923. The summed E-state index contributed by atoms with van der Waals surface area (Å²) in [5.41, 5.74) is 5.68. The molecule has 0 unspecified atom stereocenters. The van der Waals surface area contributed by atoms with Gasteiger partial charge in [-0.15, -0.1) is 23.5 Å². The molecule has 45 heavy (non-hydrogen) atoms. The third-order valence-corrected chi connectivity index (χ3v) is 12.6. The van der Waals surface area contributed by atoms with E-state index in [4.69, 9.17) is 14.2 Å². The van der Waals surface area contributed by atoms with Crippen molar-refractivity contribution in [3.8, 4) is 0 Å².